The average Bonchev–Trinajstić information content (AvgIpc) is 2.74. The third kappa shape index (κ3) is 3.39. The number of amides is 2. The molecule has 5 heteroatoms. The van der Waals surface area contributed by atoms with E-state index in [0.29, 0.717) is 11.8 Å². The van der Waals surface area contributed by atoms with Crippen LogP contribution in [0, 0.1) is 0 Å². The number of urea groups is 1. The Balaban J connectivity index is 1.91. The first kappa shape index (κ1) is 12.8. The molecule has 0 saturated carbocycles. The fourth-order valence-electron chi connectivity index (χ4n) is 1.94. The SMILES string of the molecule is CCNC(=O)N1CCSC(c2cccs2)CC1. The second-order valence-electron chi connectivity index (χ2n) is 3.99. The molecular weight excluding hydrogens is 252 g/mol. The number of hydrogen-bond acceptors (Lipinski definition) is 3. The molecule has 1 unspecified atom stereocenters. The molecule has 2 amide bonds. The number of nitrogens with zero attached hydrogens (tertiary/aromatic N) is 1. The molecule has 1 saturated heterocycles. The summed E-state index contributed by atoms with van der Waals surface area (Å²) in [6.07, 6.45) is 1.06. The number of hydrogen-bond donors (Lipinski definition) is 1. The summed E-state index contributed by atoms with van der Waals surface area (Å²) in [4.78, 5) is 15.1. The van der Waals surface area contributed by atoms with E-state index in [-0.39, 0.29) is 6.03 Å². The van der Waals surface area contributed by atoms with Gasteiger partial charge >= 0.3 is 6.03 Å². The second kappa shape index (κ2) is 6.31. The summed E-state index contributed by atoms with van der Waals surface area (Å²) in [6, 6.07) is 4.39. The first-order valence-electron chi connectivity index (χ1n) is 5.99. The lowest BCUT2D eigenvalue weighted by Gasteiger charge is -2.20. The Morgan fingerprint density at radius 2 is 2.47 bits per heavy atom. The van der Waals surface area contributed by atoms with E-state index in [1.165, 1.54) is 4.88 Å². The lowest BCUT2D eigenvalue weighted by molar-refractivity contribution is 0.202. The molecule has 1 N–H and O–H groups in total. The molecule has 3 nitrogen and oxygen atoms in total. The van der Waals surface area contributed by atoms with E-state index in [1.807, 2.05) is 34.9 Å². The first-order valence-corrected chi connectivity index (χ1v) is 7.92. The van der Waals surface area contributed by atoms with Crippen LogP contribution in [0.5, 0.6) is 0 Å². The van der Waals surface area contributed by atoms with Crippen molar-refractivity contribution in [3.05, 3.63) is 22.4 Å². The van der Waals surface area contributed by atoms with Crippen LogP contribution in [0.25, 0.3) is 0 Å². The minimum Gasteiger partial charge on any atom is -0.338 e. The van der Waals surface area contributed by atoms with Crippen molar-refractivity contribution in [1.82, 2.24) is 10.2 Å². The monoisotopic (exact) mass is 270 g/mol. The van der Waals surface area contributed by atoms with Gasteiger partial charge in [-0.15, -0.1) is 11.3 Å². The minimum atomic E-state index is 0.0833. The summed E-state index contributed by atoms with van der Waals surface area (Å²) in [5.41, 5.74) is 0. The lowest BCUT2D eigenvalue weighted by atomic mass is 10.2. The molecule has 1 aromatic heterocycles. The van der Waals surface area contributed by atoms with Gasteiger partial charge in [0.05, 0.1) is 0 Å². The van der Waals surface area contributed by atoms with Gasteiger partial charge in [-0.25, -0.2) is 4.79 Å². The molecule has 0 aliphatic carbocycles. The molecule has 0 radical (unpaired) electrons. The molecule has 2 heterocycles. The zero-order valence-electron chi connectivity index (χ0n) is 10.0. The fourth-order valence-corrected chi connectivity index (χ4v) is 4.18. The van der Waals surface area contributed by atoms with Crippen molar-refractivity contribution in [2.75, 3.05) is 25.4 Å². The number of carbonyl (C=O) groups is 1. The van der Waals surface area contributed by atoms with Crippen LogP contribution < -0.4 is 5.32 Å². The summed E-state index contributed by atoms with van der Waals surface area (Å²) >= 11 is 3.79. The van der Waals surface area contributed by atoms with Crippen molar-refractivity contribution in [1.29, 1.82) is 0 Å². The van der Waals surface area contributed by atoms with E-state index in [1.54, 1.807) is 0 Å². The maximum atomic E-state index is 11.8. The largest absolute Gasteiger partial charge is 0.338 e. The third-order valence-corrected chi connectivity index (χ3v) is 5.26. The van der Waals surface area contributed by atoms with Crippen LogP contribution in [0.3, 0.4) is 0 Å². The molecule has 2 rings (SSSR count). The average molecular weight is 270 g/mol. The molecule has 1 fully saturated rings. The van der Waals surface area contributed by atoms with Crippen LogP contribution in [0.2, 0.25) is 0 Å². The van der Waals surface area contributed by atoms with E-state index in [4.69, 9.17) is 0 Å². The molecule has 1 aliphatic rings. The van der Waals surface area contributed by atoms with E-state index >= 15 is 0 Å². The van der Waals surface area contributed by atoms with E-state index < -0.39 is 0 Å². The topological polar surface area (TPSA) is 32.3 Å². The highest BCUT2D eigenvalue weighted by atomic mass is 32.2. The molecule has 1 aromatic rings. The Morgan fingerprint density at radius 3 is 3.18 bits per heavy atom. The summed E-state index contributed by atoms with van der Waals surface area (Å²) in [5.74, 6) is 1.03. The number of thioether (sulfide) groups is 1. The van der Waals surface area contributed by atoms with Crippen molar-refractivity contribution in [2.45, 2.75) is 18.6 Å². The molecule has 0 aromatic carbocycles. The maximum absolute atomic E-state index is 11.8. The van der Waals surface area contributed by atoms with Gasteiger partial charge in [-0.2, -0.15) is 11.8 Å². The zero-order valence-corrected chi connectivity index (χ0v) is 11.6. The summed E-state index contributed by atoms with van der Waals surface area (Å²) in [7, 11) is 0. The smallest absolute Gasteiger partial charge is 0.317 e. The predicted octanol–water partition coefficient (Wildman–Crippen LogP) is 2.96. The summed E-state index contributed by atoms with van der Waals surface area (Å²) in [6.45, 7) is 4.38. The predicted molar refractivity (Wildman–Crippen MR) is 74.8 cm³/mol. The quantitative estimate of drug-likeness (QED) is 0.896. The number of carbonyl (C=O) groups excluding carboxylic acids is 1. The normalized spacial score (nSPS) is 21.0. The maximum Gasteiger partial charge on any atom is 0.317 e. The second-order valence-corrected chi connectivity index (χ2v) is 6.28. The molecule has 1 aliphatic heterocycles. The molecule has 94 valence electrons. The van der Waals surface area contributed by atoms with Crippen LogP contribution in [0.15, 0.2) is 17.5 Å². The molecular formula is C12H18N2OS2. The van der Waals surface area contributed by atoms with Gasteiger partial charge in [-0.3, -0.25) is 0 Å². The van der Waals surface area contributed by atoms with Crippen molar-refractivity contribution in [2.24, 2.45) is 0 Å². The van der Waals surface area contributed by atoms with Gasteiger partial charge in [0.2, 0.25) is 0 Å². The van der Waals surface area contributed by atoms with Gasteiger partial charge < -0.3 is 10.2 Å². The zero-order chi connectivity index (χ0) is 12.1. The first-order chi connectivity index (χ1) is 8.31. The van der Waals surface area contributed by atoms with Gasteiger partial charge in [0.25, 0.3) is 0 Å². The Hall–Kier alpha value is -0.680. The van der Waals surface area contributed by atoms with Gasteiger partial charge in [0.1, 0.15) is 0 Å². The Kier molecular flexibility index (Phi) is 4.74. The molecule has 1 atom stereocenters. The summed E-state index contributed by atoms with van der Waals surface area (Å²) < 4.78 is 0. The van der Waals surface area contributed by atoms with E-state index in [2.05, 4.69) is 22.8 Å². The highest BCUT2D eigenvalue weighted by Crippen LogP contribution is 2.36. The van der Waals surface area contributed by atoms with Crippen LogP contribution in [0.4, 0.5) is 4.79 Å². The van der Waals surface area contributed by atoms with Crippen molar-refractivity contribution in [3.8, 4) is 0 Å². The molecule has 0 spiro atoms. The van der Waals surface area contributed by atoms with E-state index in [0.717, 1.165) is 25.3 Å². The van der Waals surface area contributed by atoms with Crippen LogP contribution in [-0.2, 0) is 0 Å². The van der Waals surface area contributed by atoms with Crippen LogP contribution in [0.1, 0.15) is 23.5 Å². The molecule has 0 bridgehead atoms. The molecule has 17 heavy (non-hydrogen) atoms. The minimum absolute atomic E-state index is 0.0833. The Bertz CT molecular complexity index is 353. The van der Waals surface area contributed by atoms with Gasteiger partial charge in [-0.1, -0.05) is 6.07 Å². The highest BCUT2D eigenvalue weighted by Gasteiger charge is 2.21. The Morgan fingerprint density at radius 1 is 1.59 bits per heavy atom. The van der Waals surface area contributed by atoms with Crippen molar-refractivity contribution >= 4 is 29.1 Å². The van der Waals surface area contributed by atoms with Crippen LogP contribution >= 0.6 is 23.1 Å². The van der Waals surface area contributed by atoms with E-state index in [9.17, 15) is 4.79 Å². The fraction of sp³-hybridized carbons (Fsp3) is 0.583. The van der Waals surface area contributed by atoms with Crippen molar-refractivity contribution in [3.63, 3.8) is 0 Å². The lowest BCUT2D eigenvalue weighted by Crippen LogP contribution is -2.41. The van der Waals surface area contributed by atoms with Crippen LogP contribution in [-0.4, -0.2) is 36.3 Å². The number of thiophene rings is 1. The standard InChI is InChI=1S/C12H18N2OS2/c1-2-13-12(15)14-6-5-11(17-9-7-14)10-4-3-8-16-10/h3-4,8,11H,2,5-7,9H2,1H3,(H,13,15). The number of nitrogens with one attached hydrogen (secondary N) is 1. The highest BCUT2D eigenvalue weighted by molar-refractivity contribution is 7.99. The third-order valence-electron chi connectivity index (χ3n) is 2.82. The number of rotatable bonds is 2. The Labute approximate surface area is 111 Å². The summed E-state index contributed by atoms with van der Waals surface area (Å²) in [5, 5.41) is 5.56. The van der Waals surface area contributed by atoms with Crippen molar-refractivity contribution < 1.29 is 4.79 Å². The van der Waals surface area contributed by atoms with Gasteiger partial charge in [0.15, 0.2) is 0 Å². The van der Waals surface area contributed by atoms with Gasteiger partial charge in [0, 0.05) is 35.5 Å². The van der Waals surface area contributed by atoms with Gasteiger partial charge in [-0.05, 0) is 24.8 Å².